The Hall–Kier alpha value is -7.35. The average molecular weight is 1670 g/mol. The molecule has 0 radical (unpaired) electrons. The van der Waals surface area contributed by atoms with Gasteiger partial charge in [-0.25, -0.2) is 13.2 Å². The predicted octanol–water partition coefficient (Wildman–Crippen LogP) is 17.6. The zero-order valence-corrected chi connectivity index (χ0v) is 63.7. The average Bonchev–Trinajstić information content (AvgIpc) is 1.53. The molecule has 3 saturated carbocycles. The molecule has 9 aromatic rings. The summed E-state index contributed by atoms with van der Waals surface area (Å²) < 4.78 is 169. The molecule has 3 aliphatic carbocycles. The van der Waals surface area contributed by atoms with Gasteiger partial charge >= 0.3 is 0 Å². The maximum absolute atomic E-state index is 16.5. The van der Waals surface area contributed by atoms with E-state index in [0.29, 0.717) is 63.9 Å². The van der Waals surface area contributed by atoms with Crippen molar-refractivity contribution in [2.45, 2.75) is 102 Å². The van der Waals surface area contributed by atoms with Gasteiger partial charge in [-0.15, -0.1) is 0 Å². The Morgan fingerprint density at radius 1 is 0.481 bits per heavy atom. The van der Waals surface area contributed by atoms with Crippen LogP contribution in [0.2, 0.25) is 30.1 Å². The maximum Gasteiger partial charge on any atom is 0.257 e. The van der Waals surface area contributed by atoms with E-state index in [0.717, 1.165) is 20.8 Å². The number of benzene rings is 6. The number of hydrogen-bond donors (Lipinski definition) is 4. The number of aliphatic hydroxyl groups excluding tert-OH is 1. The third-order valence-electron chi connectivity index (χ3n) is 19.6. The number of aromatic nitrogens is 3. The Morgan fingerprint density at radius 3 is 1.08 bits per heavy atom. The van der Waals surface area contributed by atoms with E-state index in [9.17, 15) is 34.8 Å². The fourth-order valence-corrected chi connectivity index (χ4v) is 14.0. The van der Waals surface area contributed by atoms with Crippen molar-refractivity contribution in [3.8, 4) is 0 Å². The topological polar surface area (TPSA) is 208 Å². The molecule has 6 aliphatic rings. The van der Waals surface area contributed by atoms with E-state index in [2.05, 4.69) is 37.5 Å². The Balaban J connectivity index is 0.000000156. The minimum absolute atomic E-state index is 0.0252. The van der Waals surface area contributed by atoms with Crippen molar-refractivity contribution in [3.05, 3.63) is 301 Å². The summed E-state index contributed by atoms with van der Waals surface area (Å²) in [5, 5.41) is 43.0. The van der Waals surface area contributed by atoms with Crippen LogP contribution in [-0.4, -0.2) is 114 Å². The molecule has 0 spiro atoms. The van der Waals surface area contributed by atoms with Gasteiger partial charge in [0.25, 0.3) is 17.7 Å². The molecule has 15 rings (SSSR count). The zero-order valence-electron chi connectivity index (χ0n) is 69.6. The predicted molar refractivity (Wildman–Crippen MR) is 410 cm³/mol. The lowest BCUT2D eigenvalue weighted by Gasteiger charge is -2.40. The summed E-state index contributed by atoms with van der Waals surface area (Å²) in [7, 11) is 0. The largest absolute Gasteiger partial charge is 0.396 e. The van der Waals surface area contributed by atoms with Crippen LogP contribution in [0, 0.1) is 33.7 Å². The molecule has 0 saturated heterocycles. The highest BCUT2D eigenvalue weighted by atomic mass is 79.9. The van der Waals surface area contributed by atoms with E-state index < -0.39 is 113 Å². The van der Waals surface area contributed by atoms with Crippen molar-refractivity contribution in [3.63, 3.8) is 0 Å². The number of allylic oxidation sites excluding steroid dienone is 1. The van der Waals surface area contributed by atoms with E-state index in [4.69, 9.17) is 100 Å². The van der Waals surface area contributed by atoms with Crippen molar-refractivity contribution in [1.82, 2.24) is 29.7 Å². The first-order chi connectivity index (χ1) is 55.8. The number of amides is 3. The van der Waals surface area contributed by atoms with Crippen LogP contribution in [0.4, 0.5) is 13.2 Å². The Kier molecular flexibility index (Phi) is 18.5. The minimum Gasteiger partial charge on any atom is -0.396 e. The zero-order chi connectivity index (χ0) is 87.8. The van der Waals surface area contributed by atoms with Crippen LogP contribution in [0.3, 0.4) is 0 Å². The molecule has 26 heteroatoms. The summed E-state index contributed by atoms with van der Waals surface area (Å²) in [5.41, 5.74) is -11.9. The van der Waals surface area contributed by atoms with Crippen LogP contribution in [0.25, 0.3) is 5.57 Å². The van der Waals surface area contributed by atoms with Gasteiger partial charge in [0, 0.05) is 76.5 Å². The normalized spacial score (nSPS) is 22.6. The Labute approximate surface area is 677 Å². The van der Waals surface area contributed by atoms with E-state index in [-0.39, 0.29) is 119 Å². The first kappa shape index (κ1) is 64.3. The second-order valence-corrected chi connectivity index (χ2v) is 31.2. The summed E-state index contributed by atoms with van der Waals surface area (Å²) >= 11 is 39.7. The number of carbonyl (C=O) groups is 3. The SMILES string of the molecule is [2H]C([2H])(O)C1(C([2H])([2H])OC2(c3ccc(Cl)cc3)c3c(F)cc(Br)cc3C(=O)N2Cc2ccc(Cl)cn2)CC1.[2H]C([2H])(O)C1(C([2H])([2H])O[C@]2(c3ccc(Cl)cc3)c3c(F)cc(C(=C)C)cc3C(=O)N2Cc2ccc(Cl)cn2)CC1.[2H]C([2H])(O)C1(C([2H])([2H])O[C@]2(c3ccc(Cl)cc3)c3c(F)cc(C(C)(C)CO)cc3C(=O)N2Cc2ccc(Cl)cn2)CC1. The molecule has 6 heterocycles. The molecular formula is C82H74BrCl6F3N6O10. The van der Waals surface area contributed by atoms with Crippen molar-refractivity contribution in [2.75, 3.05) is 46.0 Å². The van der Waals surface area contributed by atoms with Crippen molar-refractivity contribution in [2.24, 2.45) is 16.2 Å². The molecule has 3 atom stereocenters. The lowest BCUT2D eigenvalue weighted by Crippen LogP contribution is -2.48. The van der Waals surface area contributed by atoms with Crippen LogP contribution in [0.1, 0.15) is 168 Å². The highest BCUT2D eigenvalue weighted by Crippen LogP contribution is 2.57. The van der Waals surface area contributed by atoms with Gasteiger partial charge in [0.1, 0.15) is 17.5 Å². The molecule has 0 bridgehead atoms. The van der Waals surface area contributed by atoms with Crippen molar-refractivity contribution in [1.29, 1.82) is 0 Å². The number of nitrogens with zero attached hydrogens (tertiary/aromatic N) is 6. The highest BCUT2D eigenvalue weighted by molar-refractivity contribution is 9.10. The number of hydrogen-bond acceptors (Lipinski definition) is 13. The molecule has 3 aliphatic heterocycles. The number of rotatable bonds is 24. The summed E-state index contributed by atoms with van der Waals surface area (Å²) in [6, 6.07) is 35.1. The van der Waals surface area contributed by atoms with Gasteiger partial charge in [-0.2, -0.15) is 0 Å². The van der Waals surface area contributed by atoms with E-state index in [1.165, 1.54) is 122 Å². The van der Waals surface area contributed by atoms with Gasteiger partial charge in [0.15, 0.2) is 17.2 Å². The van der Waals surface area contributed by atoms with Gasteiger partial charge in [0.2, 0.25) is 0 Å². The maximum atomic E-state index is 16.5. The number of carbonyl (C=O) groups excluding carboxylic acids is 3. The van der Waals surface area contributed by atoms with Crippen LogP contribution < -0.4 is 0 Å². The number of ether oxygens (including phenoxy) is 3. The molecule has 562 valence electrons. The monoisotopic (exact) mass is 1660 g/mol. The van der Waals surface area contributed by atoms with Crippen molar-refractivity contribution >= 4 is 109 Å². The van der Waals surface area contributed by atoms with Crippen LogP contribution >= 0.6 is 85.5 Å². The number of halogens is 10. The Morgan fingerprint density at radius 2 is 0.787 bits per heavy atom. The first-order valence-electron chi connectivity index (χ1n) is 39.6. The number of fused-ring (bicyclic) bond motifs is 3. The van der Waals surface area contributed by atoms with Gasteiger partial charge in [0.05, 0.1) is 148 Å². The molecule has 16 nitrogen and oxygen atoms in total. The van der Waals surface area contributed by atoms with Gasteiger partial charge in [-0.1, -0.05) is 148 Å². The van der Waals surface area contributed by atoms with Gasteiger partial charge < -0.3 is 34.6 Å². The molecule has 3 fully saturated rings. The molecule has 1 unspecified atom stereocenters. The lowest BCUT2D eigenvalue weighted by atomic mass is 9.82. The summed E-state index contributed by atoms with van der Waals surface area (Å²) in [6.07, 6.45) is 3.92. The van der Waals surface area contributed by atoms with Gasteiger partial charge in [-0.3, -0.25) is 44.0 Å². The minimum atomic E-state index is -2.99. The van der Waals surface area contributed by atoms with Crippen molar-refractivity contribution < 1.29 is 78.6 Å². The van der Waals surface area contributed by atoms with E-state index in [1.807, 2.05) is 0 Å². The summed E-state index contributed by atoms with van der Waals surface area (Å²) in [6.45, 7) is -9.77. The molecule has 3 amide bonds. The van der Waals surface area contributed by atoms with Crippen LogP contribution in [0.5, 0.6) is 0 Å². The third-order valence-corrected chi connectivity index (χ3v) is 21.5. The fraction of sp³-hybridized carbons (Fsp3) is 0.317. The number of aliphatic hydroxyl groups is 4. The third kappa shape index (κ3) is 15.2. The van der Waals surface area contributed by atoms with Crippen LogP contribution in [0.15, 0.2) is 175 Å². The smallest absolute Gasteiger partial charge is 0.257 e. The lowest BCUT2D eigenvalue weighted by molar-refractivity contribution is -0.130. The highest BCUT2D eigenvalue weighted by Gasteiger charge is 2.60. The second-order valence-electron chi connectivity index (χ2n) is 27.6. The summed E-state index contributed by atoms with van der Waals surface area (Å²) in [5.74, 6) is -4.64. The van der Waals surface area contributed by atoms with E-state index in [1.54, 1.807) is 57.2 Å². The molecule has 6 aromatic carbocycles. The second kappa shape index (κ2) is 31.1. The molecular weight excluding hydrogens is 1580 g/mol. The molecule has 3 aromatic heterocycles. The van der Waals surface area contributed by atoms with Crippen LogP contribution in [-0.2, 0) is 56.4 Å². The first-order valence-corrected chi connectivity index (χ1v) is 36.7. The molecule has 4 N–H and O–H groups in total. The molecule has 108 heavy (non-hydrogen) atoms. The van der Waals surface area contributed by atoms with E-state index >= 15 is 13.2 Å². The van der Waals surface area contributed by atoms with Gasteiger partial charge in [-0.05, 0) is 166 Å². The Bertz CT molecular complexity index is 5530. The summed E-state index contributed by atoms with van der Waals surface area (Å²) in [4.78, 5) is 58.6. The number of pyridine rings is 3. The fourth-order valence-electron chi connectivity index (χ4n) is 12.9. The quantitative estimate of drug-likeness (QED) is 0.0444. The standard InChI is InChI=1S/C29H29Cl2FN2O4.C28H25Cl2FN2O3.C25H20BrCl2FN2O3/c1-27(2,15-35)19-11-23-25(24(32)12-19)29(18-3-5-20(30)6-4-18,38-17-28(16-36)9-10-28)34(26(23)37)14-22-8-7-21(31)13-33-22;1-17(2)18-11-23-25(24(31)12-18)28(19-3-5-20(29)6-4-19,36-16-27(15-34)9-10-27)33(26(23)35)14-22-8-7-21(30)13-32-22;26-16-9-20-22(21(29)10-16)25(15-1-3-17(27)4-2-15,34-14-24(13-32)7-8-24)31(23(20)33)12-19-6-5-18(28)11-30-19/h3-8,11-13,35-36H,9-10,14-17H2,1-2H3;3-8,11-13,34H,1,9-10,14-16H2,2H3;1-6,9-11,32H,7-8,12-14H2/t29-;28-;/m11./s1/i16D2,17D2;15D2,16D2;13D2,14D2.